The molecule has 44 heavy (non-hydrogen) atoms. The van der Waals surface area contributed by atoms with Gasteiger partial charge in [0, 0.05) is 31.1 Å². The van der Waals surface area contributed by atoms with Crippen LogP contribution in [0.1, 0.15) is 47.2 Å². The Morgan fingerprint density at radius 2 is 1.64 bits per heavy atom. The number of rotatable bonds is 12. The highest BCUT2D eigenvalue weighted by atomic mass is 16.5. The first kappa shape index (κ1) is 30.7. The first-order valence-electron chi connectivity index (χ1n) is 15.1. The average Bonchev–Trinajstić information content (AvgIpc) is 3.68. The summed E-state index contributed by atoms with van der Waals surface area (Å²) in [5, 5.41) is 8.77. The third kappa shape index (κ3) is 8.41. The summed E-state index contributed by atoms with van der Waals surface area (Å²) in [6.07, 6.45) is 5.48. The summed E-state index contributed by atoms with van der Waals surface area (Å²) in [6.45, 7) is 2.20. The summed E-state index contributed by atoms with van der Waals surface area (Å²) in [6, 6.07) is 25.4. The molecular weight excluding hydrogens is 556 g/mol. The lowest BCUT2D eigenvalue weighted by atomic mass is 9.97. The second-order valence-electron chi connectivity index (χ2n) is 11.2. The summed E-state index contributed by atoms with van der Waals surface area (Å²) < 4.78 is 5.35. The molecule has 5 rings (SSSR count). The molecule has 2 aliphatic heterocycles. The zero-order valence-electron chi connectivity index (χ0n) is 24.6. The topological polar surface area (TPSA) is 117 Å². The smallest absolute Gasteiger partial charge is 0.330 e. The van der Waals surface area contributed by atoms with E-state index < -0.39 is 17.9 Å². The highest BCUT2D eigenvalue weighted by Gasteiger charge is 2.32. The summed E-state index contributed by atoms with van der Waals surface area (Å²) >= 11 is 0. The molecule has 0 radical (unpaired) electrons. The second kappa shape index (κ2) is 15.1. The van der Waals surface area contributed by atoms with Crippen LogP contribution in [-0.4, -0.2) is 53.8 Å². The van der Waals surface area contributed by atoms with Gasteiger partial charge in [0.15, 0.2) is 0 Å². The van der Waals surface area contributed by atoms with Crippen LogP contribution in [0.5, 0.6) is 0 Å². The Morgan fingerprint density at radius 1 is 0.932 bits per heavy atom. The number of anilines is 1. The third-order valence-electron chi connectivity index (χ3n) is 8.03. The number of para-hydroxylation sites is 1. The number of nitrogens with zero attached hydrogens (tertiary/aromatic N) is 1. The standard InChI is InChI=1S/C35H38N4O5/c40-32(44-24-26-12-5-2-6-13-26)18-17-28(22-27-19-20-36-33(27)41)37-34(42)29-14-7-8-15-30(29)38-35(43)31-16-9-21-39(31)23-25-10-3-1-4-11-25/h1-8,10-15,17-18,27-28,31H,9,16,19-24H2,(H,36,41)(H,37,42)(H,38,43)/b18-17+/t27?,28-,31+/m1/s1. The Kier molecular flexibility index (Phi) is 10.5. The number of benzene rings is 3. The van der Waals surface area contributed by atoms with Crippen LogP contribution in [0.15, 0.2) is 97.1 Å². The minimum atomic E-state index is -0.611. The van der Waals surface area contributed by atoms with Crippen LogP contribution >= 0.6 is 0 Å². The summed E-state index contributed by atoms with van der Waals surface area (Å²) in [7, 11) is 0. The zero-order chi connectivity index (χ0) is 30.7. The number of esters is 1. The van der Waals surface area contributed by atoms with Gasteiger partial charge in [-0.3, -0.25) is 19.3 Å². The highest BCUT2D eigenvalue weighted by Crippen LogP contribution is 2.24. The molecule has 3 aromatic rings. The number of hydrogen-bond acceptors (Lipinski definition) is 6. The fourth-order valence-electron chi connectivity index (χ4n) is 5.72. The van der Waals surface area contributed by atoms with E-state index in [0.29, 0.717) is 37.2 Å². The Bertz CT molecular complexity index is 1480. The van der Waals surface area contributed by atoms with Gasteiger partial charge >= 0.3 is 5.97 Å². The van der Waals surface area contributed by atoms with E-state index in [0.717, 1.165) is 30.5 Å². The van der Waals surface area contributed by atoms with Crippen LogP contribution in [0.2, 0.25) is 0 Å². The first-order valence-corrected chi connectivity index (χ1v) is 15.1. The van der Waals surface area contributed by atoms with Crippen molar-refractivity contribution in [1.29, 1.82) is 0 Å². The Labute approximate surface area is 257 Å². The molecule has 3 aromatic carbocycles. The Morgan fingerprint density at radius 3 is 2.36 bits per heavy atom. The minimum Gasteiger partial charge on any atom is -0.458 e. The van der Waals surface area contributed by atoms with Crippen molar-refractivity contribution in [2.24, 2.45) is 5.92 Å². The van der Waals surface area contributed by atoms with Gasteiger partial charge in [0.25, 0.3) is 5.91 Å². The lowest BCUT2D eigenvalue weighted by Crippen LogP contribution is -2.40. The van der Waals surface area contributed by atoms with E-state index >= 15 is 0 Å². The van der Waals surface area contributed by atoms with Crippen molar-refractivity contribution >= 4 is 29.4 Å². The van der Waals surface area contributed by atoms with E-state index in [-0.39, 0.29) is 30.4 Å². The molecule has 2 aliphatic rings. The van der Waals surface area contributed by atoms with Crippen molar-refractivity contribution in [2.45, 2.75) is 50.9 Å². The van der Waals surface area contributed by atoms with E-state index in [4.69, 9.17) is 4.74 Å². The molecule has 3 N–H and O–H groups in total. The van der Waals surface area contributed by atoms with Gasteiger partial charge in [-0.25, -0.2) is 4.79 Å². The zero-order valence-corrected chi connectivity index (χ0v) is 24.6. The molecule has 9 heteroatoms. The van der Waals surface area contributed by atoms with Crippen molar-refractivity contribution in [3.8, 4) is 0 Å². The molecule has 0 spiro atoms. The quantitative estimate of drug-likeness (QED) is 0.214. The molecule has 0 aromatic heterocycles. The van der Waals surface area contributed by atoms with Gasteiger partial charge < -0.3 is 20.7 Å². The first-order chi connectivity index (χ1) is 21.5. The third-order valence-corrected chi connectivity index (χ3v) is 8.03. The van der Waals surface area contributed by atoms with Crippen LogP contribution in [-0.2, 0) is 32.3 Å². The van der Waals surface area contributed by atoms with Crippen molar-refractivity contribution in [2.75, 3.05) is 18.4 Å². The van der Waals surface area contributed by atoms with E-state index in [9.17, 15) is 19.2 Å². The number of nitrogens with one attached hydrogen (secondary N) is 3. The van der Waals surface area contributed by atoms with Gasteiger partial charge in [-0.2, -0.15) is 0 Å². The van der Waals surface area contributed by atoms with Gasteiger partial charge in [-0.1, -0.05) is 78.9 Å². The van der Waals surface area contributed by atoms with Gasteiger partial charge in [0.2, 0.25) is 11.8 Å². The fraction of sp³-hybridized carbons (Fsp3) is 0.314. The Hall–Kier alpha value is -4.76. The molecule has 0 bridgehead atoms. The molecule has 2 fully saturated rings. The molecule has 3 atom stereocenters. The number of likely N-dealkylation sites (tertiary alicyclic amines) is 1. The minimum absolute atomic E-state index is 0.0754. The maximum Gasteiger partial charge on any atom is 0.330 e. The van der Waals surface area contributed by atoms with Crippen molar-refractivity contribution in [1.82, 2.24) is 15.5 Å². The largest absolute Gasteiger partial charge is 0.458 e. The average molecular weight is 595 g/mol. The molecule has 2 heterocycles. The normalized spacial score (nSPS) is 19.0. The van der Waals surface area contributed by atoms with Gasteiger partial charge in [-0.15, -0.1) is 0 Å². The number of ether oxygens (including phenoxy) is 1. The van der Waals surface area contributed by atoms with Crippen molar-refractivity contribution in [3.05, 3.63) is 114 Å². The molecule has 0 saturated carbocycles. The fourth-order valence-corrected chi connectivity index (χ4v) is 5.72. The lowest BCUT2D eigenvalue weighted by molar-refractivity contribution is -0.139. The molecule has 2 saturated heterocycles. The van der Waals surface area contributed by atoms with Gasteiger partial charge in [-0.05, 0) is 55.5 Å². The number of carbonyl (C=O) groups is 4. The van der Waals surface area contributed by atoms with Crippen LogP contribution in [0.25, 0.3) is 0 Å². The van der Waals surface area contributed by atoms with Crippen LogP contribution < -0.4 is 16.0 Å². The maximum absolute atomic E-state index is 13.6. The summed E-state index contributed by atoms with van der Waals surface area (Å²) in [4.78, 5) is 53.9. The summed E-state index contributed by atoms with van der Waals surface area (Å²) in [5.41, 5.74) is 2.71. The molecular formula is C35H38N4O5. The van der Waals surface area contributed by atoms with Gasteiger partial charge in [0.05, 0.1) is 17.3 Å². The lowest BCUT2D eigenvalue weighted by Gasteiger charge is -2.24. The molecule has 0 aliphatic carbocycles. The molecule has 228 valence electrons. The van der Waals surface area contributed by atoms with Crippen LogP contribution in [0, 0.1) is 5.92 Å². The van der Waals surface area contributed by atoms with Crippen molar-refractivity contribution in [3.63, 3.8) is 0 Å². The number of carbonyl (C=O) groups excluding carboxylic acids is 4. The highest BCUT2D eigenvalue weighted by molar-refractivity contribution is 6.05. The van der Waals surface area contributed by atoms with Crippen molar-refractivity contribution < 1.29 is 23.9 Å². The van der Waals surface area contributed by atoms with E-state index in [2.05, 4.69) is 33.0 Å². The molecule has 9 nitrogen and oxygen atoms in total. The number of amides is 3. The predicted molar refractivity (Wildman–Crippen MR) is 167 cm³/mol. The summed E-state index contributed by atoms with van der Waals surface area (Å²) in [5.74, 6) is -1.49. The molecule has 3 amide bonds. The van der Waals surface area contributed by atoms with Crippen LogP contribution in [0.3, 0.4) is 0 Å². The van der Waals surface area contributed by atoms with E-state index in [1.165, 1.54) is 6.08 Å². The number of hydrogen-bond donors (Lipinski definition) is 3. The molecule has 1 unspecified atom stereocenters. The maximum atomic E-state index is 13.6. The van der Waals surface area contributed by atoms with Crippen LogP contribution in [0.4, 0.5) is 5.69 Å². The Balaban J connectivity index is 1.25. The predicted octanol–water partition coefficient (Wildman–Crippen LogP) is 4.21. The van der Waals surface area contributed by atoms with E-state index in [1.807, 2.05) is 48.5 Å². The van der Waals surface area contributed by atoms with Gasteiger partial charge in [0.1, 0.15) is 6.61 Å². The van der Waals surface area contributed by atoms with E-state index in [1.54, 1.807) is 30.3 Å². The SMILES string of the molecule is O=C(/C=C/[C@H](CC1CCNC1=O)NC(=O)c1ccccc1NC(=O)[C@@H]1CCCN1Cc1ccccc1)OCc1ccccc1. The second-order valence-corrected chi connectivity index (χ2v) is 11.2. The monoisotopic (exact) mass is 594 g/mol.